The van der Waals surface area contributed by atoms with E-state index >= 15 is 0 Å². The number of H-pyrrole nitrogens is 1. The molecule has 2 N–H and O–H groups in total. The summed E-state index contributed by atoms with van der Waals surface area (Å²) in [5, 5.41) is 3.58. The van der Waals surface area contributed by atoms with E-state index in [1.54, 1.807) is 98.8 Å². The van der Waals surface area contributed by atoms with Gasteiger partial charge in [0, 0.05) is 27.8 Å². The normalized spacial score (nSPS) is 13.0. The predicted molar refractivity (Wildman–Crippen MR) is 160 cm³/mol. The minimum absolute atomic E-state index is 0.0493. The molecular weight excluding hydrogens is 558 g/mol. The van der Waals surface area contributed by atoms with Crippen molar-refractivity contribution in [2.75, 3.05) is 0 Å². The maximum atomic E-state index is 14.2. The molecule has 0 amide bonds. The summed E-state index contributed by atoms with van der Waals surface area (Å²) in [6.07, 6.45) is 0. The van der Waals surface area contributed by atoms with Crippen LogP contribution in [0.1, 0.15) is 38.7 Å². The van der Waals surface area contributed by atoms with Crippen LogP contribution in [0.2, 0.25) is 5.02 Å². The lowest BCUT2D eigenvalue weighted by molar-refractivity contribution is 0.0945. The summed E-state index contributed by atoms with van der Waals surface area (Å²) in [7, 11) is -4.20. The first-order chi connectivity index (χ1) is 19.7. The van der Waals surface area contributed by atoms with E-state index < -0.39 is 33.3 Å². The maximum absolute atomic E-state index is 14.2. The maximum Gasteiger partial charge on any atom is 0.275 e. The SMILES string of the molecule is Cc1ccccc1S(=O)(=O)N[C@@H](C(=O)c1ccccc1)[C@H](c1ccc(Cl)cc1)c1c(C)[nH]n(-c2ccccc2)c1=O. The number of benzene rings is 4. The first-order valence-electron chi connectivity index (χ1n) is 13.0. The molecule has 0 spiro atoms. The fraction of sp³-hybridized carbons (Fsp3) is 0.125. The minimum atomic E-state index is -4.20. The molecule has 7 nitrogen and oxygen atoms in total. The van der Waals surface area contributed by atoms with Gasteiger partial charge in [-0.25, -0.2) is 13.1 Å². The van der Waals surface area contributed by atoms with Crippen molar-refractivity contribution < 1.29 is 13.2 Å². The van der Waals surface area contributed by atoms with E-state index in [1.165, 1.54) is 10.7 Å². The van der Waals surface area contributed by atoms with Crippen molar-refractivity contribution in [3.63, 3.8) is 0 Å². The molecule has 0 aliphatic rings. The summed E-state index contributed by atoms with van der Waals surface area (Å²) in [6, 6.07) is 29.4. The van der Waals surface area contributed by atoms with Crippen molar-refractivity contribution in [1.82, 2.24) is 14.5 Å². The highest BCUT2D eigenvalue weighted by molar-refractivity contribution is 7.89. The molecule has 0 bridgehead atoms. The Kier molecular flexibility index (Phi) is 8.08. The summed E-state index contributed by atoms with van der Waals surface area (Å²) in [5.74, 6) is -1.47. The number of nitrogens with zero attached hydrogens (tertiary/aromatic N) is 1. The van der Waals surface area contributed by atoms with Gasteiger partial charge in [0.05, 0.1) is 16.6 Å². The van der Waals surface area contributed by atoms with Crippen molar-refractivity contribution in [3.05, 3.63) is 153 Å². The number of aromatic nitrogens is 2. The molecule has 2 atom stereocenters. The molecular formula is C32H28ClN3O4S. The minimum Gasteiger partial charge on any atom is -0.295 e. The number of carbonyl (C=O) groups excluding carboxylic acids is 1. The van der Waals surface area contributed by atoms with Gasteiger partial charge in [-0.1, -0.05) is 90.5 Å². The van der Waals surface area contributed by atoms with Crippen LogP contribution in [0, 0.1) is 13.8 Å². The summed E-state index contributed by atoms with van der Waals surface area (Å²) >= 11 is 6.20. The number of hydrogen-bond donors (Lipinski definition) is 2. The van der Waals surface area contributed by atoms with Crippen LogP contribution in [0.5, 0.6) is 0 Å². The number of nitrogens with one attached hydrogen (secondary N) is 2. The lowest BCUT2D eigenvalue weighted by atomic mass is 9.82. The summed E-state index contributed by atoms with van der Waals surface area (Å²) in [5.41, 5.74) is 2.36. The molecule has 0 aliphatic carbocycles. The zero-order valence-corrected chi connectivity index (χ0v) is 24.0. The van der Waals surface area contributed by atoms with E-state index in [9.17, 15) is 18.0 Å². The van der Waals surface area contributed by atoms with Gasteiger partial charge in [-0.2, -0.15) is 4.72 Å². The third kappa shape index (κ3) is 5.81. The number of ketones is 1. The molecule has 0 radical (unpaired) electrons. The highest BCUT2D eigenvalue weighted by Gasteiger charge is 2.39. The van der Waals surface area contributed by atoms with Crippen molar-refractivity contribution >= 4 is 27.4 Å². The van der Waals surface area contributed by atoms with Gasteiger partial charge < -0.3 is 0 Å². The van der Waals surface area contributed by atoms with Gasteiger partial charge >= 0.3 is 0 Å². The molecule has 0 saturated heterocycles. The van der Waals surface area contributed by atoms with E-state index in [1.807, 2.05) is 18.2 Å². The quantitative estimate of drug-likeness (QED) is 0.214. The molecule has 208 valence electrons. The third-order valence-corrected chi connectivity index (χ3v) is 8.86. The number of aryl methyl sites for hydroxylation is 2. The number of halogens is 1. The Hall–Kier alpha value is -4.24. The number of carbonyl (C=O) groups is 1. The predicted octanol–water partition coefficient (Wildman–Crippen LogP) is 5.80. The number of sulfonamides is 1. The third-order valence-electron chi connectivity index (χ3n) is 7.01. The summed E-state index contributed by atoms with van der Waals surface area (Å²) in [4.78, 5) is 28.3. The Morgan fingerprint density at radius 3 is 2.05 bits per heavy atom. The highest BCUT2D eigenvalue weighted by atomic mass is 35.5. The zero-order valence-electron chi connectivity index (χ0n) is 22.4. The van der Waals surface area contributed by atoms with Gasteiger partial charge in [-0.15, -0.1) is 0 Å². The van der Waals surface area contributed by atoms with Gasteiger partial charge in [0.1, 0.15) is 0 Å². The van der Waals surface area contributed by atoms with Crippen LogP contribution < -0.4 is 10.3 Å². The Morgan fingerprint density at radius 1 is 0.829 bits per heavy atom. The van der Waals surface area contributed by atoms with Gasteiger partial charge in [0.25, 0.3) is 5.56 Å². The van der Waals surface area contributed by atoms with Gasteiger partial charge in [-0.3, -0.25) is 14.7 Å². The second-order valence-corrected chi connectivity index (χ2v) is 11.9. The van der Waals surface area contributed by atoms with Crippen LogP contribution in [0.4, 0.5) is 0 Å². The standard InChI is InChI=1S/C32H28ClN3O4S/c1-21-11-9-10-16-27(21)41(39,40)35-30(31(37)24-12-5-3-6-13-24)29(23-17-19-25(33)20-18-23)28-22(2)34-36(32(28)38)26-14-7-4-8-15-26/h3-20,29-30,34-35H,1-2H3/t29-,30-/m1/s1. The lowest BCUT2D eigenvalue weighted by Gasteiger charge is -2.27. The van der Waals surface area contributed by atoms with E-state index in [2.05, 4.69) is 9.82 Å². The topological polar surface area (TPSA) is 101 Å². The first-order valence-corrected chi connectivity index (χ1v) is 14.8. The molecule has 0 unspecified atom stereocenters. The van der Waals surface area contributed by atoms with E-state index in [4.69, 9.17) is 11.6 Å². The van der Waals surface area contributed by atoms with Crippen LogP contribution in [-0.4, -0.2) is 30.0 Å². The largest absolute Gasteiger partial charge is 0.295 e. The van der Waals surface area contributed by atoms with E-state index in [-0.39, 0.29) is 10.5 Å². The monoisotopic (exact) mass is 585 g/mol. The molecule has 5 aromatic rings. The molecule has 0 saturated carbocycles. The van der Waals surface area contributed by atoms with Gasteiger partial charge in [0.15, 0.2) is 5.78 Å². The number of aromatic amines is 1. The fourth-order valence-electron chi connectivity index (χ4n) is 5.02. The average molecular weight is 586 g/mol. The second kappa shape index (κ2) is 11.7. The Labute approximate surface area is 243 Å². The molecule has 1 aromatic heterocycles. The molecule has 4 aromatic carbocycles. The molecule has 9 heteroatoms. The van der Waals surface area contributed by atoms with Crippen LogP contribution >= 0.6 is 11.6 Å². The Bertz CT molecular complexity index is 1850. The van der Waals surface area contributed by atoms with Gasteiger partial charge in [0.2, 0.25) is 10.0 Å². The van der Waals surface area contributed by atoms with E-state index in [0.717, 1.165) is 0 Å². The molecule has 41 heavy (non-hydrogen) atoms. The van der Waals surface area contributed by atoms with Crippen molar-refractivity contribution in [2.45, 2.75) is 30.7 Å². The zero-order chi connectivity index (χ0) is 29.1. The number of rotatable bonds is 9. The molecule has 0 aliphatic heterocycles. The summed E-state index contributed by atoms with van der Waals surface area (Å²) in [6.45, 7) is 3.42. The van der Waals surface area contributed by atoms with Crippen LogP contribution in [0.3, 0.4) is 0 Å². The lowest BCUT2D eigenvalue weighted by Crippen LogP contribution is -2.46. The molecule has 0 fully saturated rings. The highest BCUT2D eigenvalue weighted by Crippen LogP contribution is 2.32. The Balaban J connectivity index is 1.75. The average Bonchev–Trinajstić information content (AvgIpc) is 3.27. The van der Waals surface area contributed by atoms with Crippen molar-refractivity contribution in [3.8, 4) is 5.69 Å². The fourth-order valence-corrected chi connectivity index (χ4v) is 6.60. The number of hydrogen-bond acceptors (Lipinski definition) is 4. The van der Waals surface area contributed by atoms with Crippen LogP contribution in [-0.2, 0) is 10.0 Å². The van der Waals surface area contributed by atoms with Crippen molar-refractivity contribution in [2.24, 2.45) is 0 Å². The van der Waals surface area contributed by atoms with Crippen LogP contribution in [0.15, 0.2) is 119 Å². The van der Waals surface area contributed by atoms with Crippen molar-refractivity contribution in [1.29, 1.82) is 0 Å². The van der Waals surface area contributed by atoms with Crippen LogP contribution in [0.25, 0.3) is 5.69 Å². The van der Waals surface area contributed by atoms with E-state index in [0.29, 0.717) is 33.1 Å². The molecule has 5 rings (SSSR count). The molecule has 1 heterocycles. The Morgan fingerprint density at radius 2 is 1.41 bits per heavy atom. The van der Waals surface area contributed by atoms with Gasteiger partial charge in [-0.05, 0) is 55.3 Å². The first kappa shape index (κ1) is 28.3. The number of para-hydroxylation sites is 1. The number of Topliss-reactive ketones (excluding diaryl/α,β-unsaturated/α-hetero) is 1. The second-order valence-electron chi connectivity index (χ2n) is 9.75. The summed E-state index contributed by atoms with van der Waals surface area (Å²) < 4.78 is 31.8. The smallest absolute Gasteiger partial charge is 0.275 e.